The van der Waals surface area contributed by atoms with Gasteiger partial charge in [-0.25, -0.2) is 16.8 Å². The van der Waals surface area contributed by atoms with E-state index in [4.69, 9.17) is 11.6 Å². The summed E-state index contributed by atoms with van der Waals surface area (Å²) in [6.07, 6.45) is 2.67. The summed E-state index contributed by atoms with van der Waals surface area (Å²) in [4.78, 5) is 4.43. The number of aromatic nitrogens is 1. The third-order valence-electron chi connectivity index (χ3n) is 4.98. The van der Waals surface area contributed by atoms with E-state index in [0.717, 1.165) is 17.4 Å². The highest BCUT2D eigenvalue weighted by molar-refractivity contribution is 7.91. The molecule has 0 saturated heterocycles. The highest BCUT2D eigenvalue weighted by atomic mass is 35.5. The molecule has 0 spiro atoms. The number of halogens is 1. The molecule has 4 rings (SSSR count). The van der Waals surface area contributed by atoms with Crippen LogP contribution < -0.4 is 0 Å². The van der Waals surface area contributed by atoms with Crippen molar-refractivity contribution in [2.45, 2.75) is 10.6 Å². The van der Waals surface area contributed by atoms with Gasteiger partial charge in [-0.3, -0.25) is 4.98 Å². The van der Waals surface area contributed by atoms with Gasteiger partial charge in [0, 0.05) is 23.4 Å². The molecule has 3 aromatic carbocycles. The van der Waals surface area contributed by atoms with Crippen molar-refractivity contribution in [1.29, 1.82) is 0 Å². The molecule has 0 saturated carbocycles. The largest absolute Gasteiger partial charge is 0.255 e. The lowest BCUT2D eigenvalue weighted by atomic mass is 9.94. The summed E-state index contributed by atoms with van der Waals surface area (Å²) in [5, 5.41) is 0.936. The summed E-state index contributed by atoms with van der Waals surface area (Å²) in [6.45, 7) is 0. The van der Waals surface area contributed by atoms with Crippen molar-refractivity contribution in [1.82, 2.24) is 4.98 Å². The molecule has 5 nitrogen and oxygen atoms in total. The van der Waals surface area contributed by atoms with E-state index < -0.39 is 20.5 Å². The van der Waals surface area contributed by atoms with Crippen LogP contribution in [0.25, 0.3) is 33.2 Å². The first-order chi connectivity index (χ1) is 14.8. The van der Waals surface area contributed by atoms with Gasteiger partial charge < -0.3 is 0 Å². The number of pyridine rings is 1. The van der Waals surface area contributed by atoms with Gasteiger partial charge in [0.2, 0.25) is 0 Å². The lowest BCUT2D eigenvalue weighted by Gasteiger charge is -2.15. The fourth-order valence-corrected chi connectivity index (χ4v) is 5.35. The van der Waals surface area contributed by atoms with Gasteiger partial charge >= 0.3 is 0 Å². The van der Waals surface area contributed by atoms with Crippen LogP contribution >= 0.6 is 11.6 Å². The number of hydrogen-bond acceptors (Lipinski definition) is 5. The molecule has 0 N–H and O–H groups in total. The zero-order chi connectivity index (χ0) is 22.2. The Hall–Kier alpha value is -2.74. The summed E-state index contributed by atoms with van der Waals surface area (Å²) in [5.41, 5.74) is 3.86. The van der Waals surface area contributed by atoms with E-state index in [9.17, 15) is 16.8 Å². The molecule has 0 aliphatic carbocycles. The molecule has 31 heavy (non-hydrogen) atoms. The van der Waals surface area contributed by atoms with Gasteiger partial charge in [0.15, 0.2) is 9.84 Å². The van der Waals surface area contributed by atoms with Crippen LogP contribution in [0.2, 0.25) is 5.02 Å². The SMILES string of the molecule is CS(=O)(=O)c1cccc2c(-c3cc(-c4ccccc4)cc(C[SH](=O)=O)c3Cl)ccnc12. The minimum absolute atomic E-state index is 0.130. The zero-order valence-corrected chi connectivity index (χ0v) is 18.9. The van der Waals surface area contributed by atoms with Gasteiger partial charge in [-0.1, -0.05) is 54.1 Å². The maximum Gasteiger partial charge on any atom is 0.177 e. The average molecular weight is 472 g/mol. The van der Waals surface area contributed by atoms with Gasteiger partial charge in [-0.15, -0.1) is 0 Å². The first-order valence-electron chi connectivity index (χ1n) is 9.33. The normalized spacial score (nSPS) is 11.8. The first-order valence-corrected chi connectivity index (χ1v) is 13.0. The van der Waals surface area contributed by atoms with Crippen molar-refractivity contribution < 1.29 is 16.8 Å². The second-order valence-corrected chi connectivity index (χ2v) is 10.5. The average Bonchev–Trinajstić information content (AvgIpc) is 2.74. The van der Waals surface area contributed by atoms with Gasteiger partial charge in [0.05, 0.1) is 21.2 Å². The van der Waals surface area contributed by atoms with Crippen LogP contribution in [-0.4, -0.2) is 28.1 Å². The zero-order valence-electron chi connectivity index (χ0n) is 16.4. The number of rotatable bonds is 5. The number of benzene rings is 3. The second kappa shape index (κ2) is 8.42. The Balaban J connectivity index is 2.05. The number of hydrogen-bond donors (Lipinski definition) is 1. The number of fused-ring (bicyclic) bond motifs is 1. The van der Waals surface area contributed by atoms with E-state index in [1.807, 2.05) is 36.4 Å². The standard InChI is InChI=1S/C23H18ClNO4S2/c1-31(28,29)21-9-5-8-19-18(10-11-25-23(19)21)20-13-16(15-6-3-2-4-7-15)12-17(22(20)24)14-30(26)27/h2-13,30H,14H2,1H3. The minimum Gasteiger partial charge on any atom is -0.255 e. The molecule has 1 aromatic heterocycles. The molecule has 0 amide bonds. The Kier molecular flexibility index (Phi) is 5.83. The van der Waals surface area contributed by atoms with Crippen LogP contribution in [0, 0.1) is 0 Å². The smallest absolute Gasteiger partial charge is 0.177 e. The predicted molar refractivity (Wildman–Crippen MR) is 125 cm³/mol. The van der Waals surface area contributed by atoms with E-state index in [0.29, 0.717) is 32.6 Å². The molecule has 0 bridgehead atoms. The van der Waals surface area contributed by atoms with Crippen molar-refractivity contribution in [2.24, 2.45) is 0 Å². The van der Waals surface area contributed by atoms with Crippen molar-refractivity contribution in [3.63, 3.8) is 0 Å². The van der Waals surface area contributed by atoms with Gasteiger partial charge in [-0.05, 0) is 46.5 Å². The molecule has 0 aliphatic rings. The molecule has 0 radical (unpaired) electrons. The van der Waals surface area contributed by atoms with E-state index in [1.165, 1.54) is 12.3 Å². The van der Waals surface area contributed by atoms with Gasteiger partial charge in [-0.2, -0.15) is 0 Å². The van der Waals surface area contributed by atoms with Crippen molar-refractivity contribution in [3.8, 4) is 22.3 Å². The van der Waals surface area contributed by atoms with Crippen molar-refractivity contribution in [3.05, 3.63) is 83.5 Å². The topological polar surface area (TPSA) is 81.2 Å². The molecule has 0 unspecified atom stereocenters. The number of nitrogens with zero attached hydrogens (tertiary/aromatic N) is 1. The van der Waals surface area contributed by atoms with E-state index in [2.05, 4.69) is 4.98 Å². The van der Waals surface area contributed by atoms with Crippen molar-refractivity contribution >= 4 is 43.0 Å². The monoisotopic (exact) mass is 471 g/mol. The maximum atomic E-state index is 12.2. The van der Waals surface area contributed by atoms with Crippen LogP contribution in [-0.2, 0) is 26.3 Å². The summed E-state index contributed by atoms with van der Waals surface area (Å²) in [6, 6.07) is 19.9. The van der Waals surface area contributed by atoms with Gasteiger partial charge in [0.25, 0.3) is 0 Å². The quantitative estimate of drug-likeness (QED) is 0.425. The molecule has 0 atom stereocenters. The molecular weight excluding hydrogens is 454 g/mol. The van der Waals surface area contributed by atoms with Crippen LogP contribution in [0.1, 0.15) is 5.56 Å². The summed E-state index contributed by atoms with van der Waals surface area (Å²) < 4.78 is 47.5. The highest BCUT2D eigenvalue weighted by Gasteiger charge is 2.18. The number of thiol groups is 1. The molecule has 8 heteroatoms. The molecule has 0 aliphatic heterocycles. The lowest BCUT2D eigenvalue weighted by Crippen LogP contribution is -2.00. The van der Waals surface area contributed by atoms with Crippen LogP contribution in [0.15, 0.2) is 77.8 Å². The third kappa shape index (κ3) is 4.35. The summed E-state index contributed by atoms with van der Waals surface area (Å²) in [5.74, 6) is -0.195. The Labute approximate surface area is 187 Å². The molecule has 4 aromatic rings. The molecule has 0 fully saturated rings. The Bertz CT molecular complexity index is 1470. The lowest BCUT2D eigenvalue weighted by molar-refractivity contribution is 0.602. The fraction of sp³-hybridized carbons (Fsp3) is 0.0870. The Morgan fingerprint density at radius 1 is 0.903 bits per heavy atom. The summed E-state index contributed by atoms with van der Waals surface area (Å²) >= 11 is 6.67. The van der Waals surface area contributed by atoms with E-state index in [-0.39, 0.29) is 10.6 Å². The fourth-order valence-electron chi connectivity index (χ4n) is 3.61. The first kappa shape index (κ1) is 21.5. The predicted octanol–water partition coefficient (Wildman–Crippen LogP) is 4.74. The second-order valence-electron chi connectivity index (χ2n) is 7.14. The molecular formula is C23H18ClNO4S2. The Morgan fingerprint density at radius 3 is 2.32 bits per heavy atom. The van der Waals surface area contributed by atoms with E-state index >= 15 is 0 Å². The number of para-hydroxylation sites is 1. The number of sulfone groups is 1. The third-order valence-corrected chi connectivity index (χ3v) is 7.15. The minimum atomic E-state index is -3.49. The van der Waals surface area contributed by atoms with Gasteiger partial charge in [0.1, 0.15) is 10.7 Å². The Morgan fingerprint density at radius 2 is 1.65 bits per heavy atom. The van der Waals surface area contributed by atoms with Crippen LogP contribution in [0.4, 0.5) is 0 Å². The van der Waals surface area contributed by atoms with Crippen LogP contribution in [0.5, 0.6) is 0 Å². The molecule has 158 valence electrons. The van der Waals surface area contributed by atoms with E-state index in [1.54, 1.807) is 24.3 Å². The van der Waals surface area contributed by atoms with Crippen molar-refractivity contribution in [2.75, 3.05) is 6.26 Å². The maximum absolute atomic E-state index is 12.2. The molecule has 1 heterocycles. The van der Waals surface area contributed by atoms with Crippen LogP contribution in [0.3, 0.4) is 0 Å². The highest BCUT2D eigenvalue weighted by Crippen LogP contribution is 2.39. The summed E-state index contributed by atoms with van der Waals surface area (Å²) in [7, 11) is -6.18.